The molecule has 2 N–H and O–H groups in total. The molecule has 0 aliphatic heterocycles. The highest BCUT2D eigenvalue weighted by molar-refractivity contribution is 5.96. The zero-order valence-corrected chi connectivity index (χ0v) is 12.8. The summed E-state index contributed by atoms with van der Waals surface area (Å²) in [5.41, 5.74) is 1.27. The van der Waals surface area contributed by atoms with E-state index in [4.69, 9.17) is 9.84 Å². The van der Waals surface area contributed by atoms with E-state index in [0.717, 1.165) is 12.0 Å². The van der Waals surface area contributed by atoms with Crippen LogP contribution in [0.15, 0.2) is 42.7 Å². The second kappa shape index (κ2) is 7.93. The Labute approximate surface area is 134 Å². The first-order chi connectivity index (χ1) is 11.1. The fourth-order valence-electron chi connectivity index (χ4n) is 1.98. The van der Waals surface area contributed by atoms with Crippen LogP contribution in [0.1, 0.15) is 29.3 Å². The summed E-state index contributed by atoms with van der Waals surface area (Å²) < 4.78 is 5.55. The van der Waals surface area contributed by atoms with Gasteiger partial charge in [0.25, 0.3) is 0 Å². The summed E-state index contributed by atoms with van der Waals surface area (Å²) >= 11 is 0. The van der Waals surface area contributed by atoms with E-state index < -0.39 is 5.97 Å². The number of nitrogens with one attached hydrogen (secondary N) is 1. The van der Waals surface area contributed by atoms with Gasteiger partial charge in [0.2, 0.25) is 5.91 Å². The van der Waals surface area contributed by atoms with E-state index in [1.54, 1.807) is 30.6 Å². The molecule has 0 saturated heterocycles. The van der Waals surface area contributed by atoms with Gasteiger partial charge in [0.15, 0.2) is 0 Å². The van der Waals surface area contributed by atoms with Crippen LogP contribution in [0.2, 0.25) is 0 Å². The Morgan fingerprint density at radius 3 is 2.61 bits per heavy atom. The van der Waals surface area contributed by atoms with E-state index in [9.17, 15) is 9.59 Å². The second-order valence-corrected chi connectivity index (χ2v) is 4.94. The fraction of sp³-hybridized carbons (Fsp3) is 0.235. The van der Waals surface area contributed by atoms with E-state index in [0.29, 0.717) is 18.0 Å². The number of carboxylic acid groups (broad SMARTS) is 1. The largest absolute Gasteiger partial charge is 0.491 e. The van der Waals surface area contributed by atoms with Gasteiger partial charge in [-0.25, -0.2) is 4.79 Å². The van der Waals surface area contributed by atoms with Crippen LogP contribution in [0.3, 0.4) is 0 Å². The average Bonchev–Trinajstić information content (AvgIpc) is 2.54. The lowest BCUT2D eigenvalue weighted by molar-refractivity contribution is -0.115. The van der Waals surface area contributed by atoms with Gasteiger partial charge >= 0.3 is 5.97 Å². The summed E-state index contributed by atoms with van der Waals surface area (Å²) in [6.45, 7) is 2.45. The van der Waals surface area contributed by atoms with Crippen molar-refractivity contribution in [3.63, 3.8) is 0 Å². The third-order valence-corrected chi connectivity index (χ3v) is 3.08. The van der Waals surface area contributed by atoms with Crippen LogP contribution in [-0.4, -0.2) is 28.6 Å². The van der Waals surface area contributed by atoms with E-state index in [1.807, 2.05) is 6.92 Å². The Kier molecular flexibility index (Phi) is 5.68. The Morgan fingerprint density at radius 1 is 1.22 bits per heavy atom. The van der Waals surface area contributed by atoms with Crippen LogP contribution >= 0.6 is 0 Å². The van der Waals surface area contributed by atoms with Crippen LogP contribution < -0.4 is 10.1 Å². The number of benzene rings is 1. The van der Waals surface area contributed by atoms with E-state index in [2.05, 4.69) is 10.3 Å². The molecule has 1 aromatic heterocycles. The monoisotopic (exact) mass is 314 g/mol. The number of rotatable bonds is 7. The van der Waals surface area contributed by atoms with Crippen molar-refractivity contribution in [1.82, 2.24) is 4.98 Å². The minimum absolute atomic E-state index is 0.0908. The minimum atomic E-state index is -1.06. The van der Waals surface area contributed by atoms with Gasteiger partial charge in [-0.05, 0) is 42.3 Å². The summed E-state index contributed by atoms with van der Waals surface area (Å²) in [5, 5.41) is 11.8. The normalized spacial score (nSPS) is 10.1. The number of hydrogen-bond acceptors (Lipinski definition) is 4. The quantitative estimate of drug-likeness (QED) is 0.820. The number of nitrogens with zero attached hydrogens (tertiary/aromatic N) is 1. The van der Waals surface area contributed by atoms with Crippen molar-refractivity contribution < 1.29 is 19.4 Å². The third-order valence-electron chi connectivity index (χ3n) is 3.08. The standard InChI is InChI=1S/C17H18N2O4/c1-2-9-23-15-4-3-13(17(21)22)11-14(15)19-16(20)10-12-5-7-18-8-6-12/h3-8,11H,2,9-10H2,1H3,(H,19,20)(H,21,22). The van der Waals surface area contributed by atoms with Crippen LogP contribution in [0.5, 0.6) is 5.75 Å². The average molecular weight is 314 g/mol. The summed E-state index contributed by atoms with van der Waals surface area (Å²) in [7, 11) is 0. The lowest BCUT2D eigenvalue weighted by Crippen LogP contribution is -2.16. The van der Waals surface area contributed by atoms with Crippen molar-refractivity contribution in [2.75, 3.05) is 11.9 Å². The van der Waals surface area contributed by atoms with Gasteiger partial charge in [-0.15, -0.1) is 0 Å². The van der Waals surface area contributed by atoms with Gasteiger partial charge in [-0.2, -0.15) is 0 Å². The maximum atomic E-state index is 12.2. The van der Waals surface area contributed by atoms with Crippen molar-refractivity contribution in [3.8, 4) is 5.75 Å². The smallest absolute Gasteiger partial charge is 0.335 e. The predicted molar refractivity (Wildman–Crippen MR) is 85.8 cm³/mol. The second-order valence-electron chi connectivity index (χ2n) is 4.94. The number of ether oxygens (including phenoxy) is 1. The molecule has 0 aliphatic carbocycles. The molecule has 120 valence electrons. The van der Waals surface area contributed by atoms with Gasteiger partial charge in [-0.3, -0.25) is 9.78 Å². The molecule has 6 nitrogen and oxygen atoms in total. The molecular formula is C17H18N2O4. The van der Waals surface area contributed by atoms with Crippen LogP contribution in [0, 0.1) is 0 Å². The SMILES string of the molecule is CCCOc1ccc(C(=O)O)cc1NC(=O)Cc1ccncc1. The molecule has 0 aliphatic rings. The summed E-state index contributed by atoms with van der Waals surface area (Å²) in [5.74, 6) is -0.850. The lowest BCUT2D eigenvalue weighted by atomic mass is 10.1. The highest BCUT2D eigenvalue weighted by atomic mass is 16.5. The molecule has 2 rings (SSSR count). The first-order valence-electron chi connectivity index (χ1n) is 7.29. The molecule has 0 atom stereocenters. The number of carboxylic acids is 1. The van der Waals surface area contributed by atoms with Crippen LogP contribution in [0.4, 0.5) is 5.69 Å². The molecule has 6 heteroatoms. The molecule has 0 fully saturated rings. The summed E-state index contributed by atoms with van der Waals surface area (Å²) in [6.07, 6.45) is 4.21. The van der Waals surface area contributed by atoms with Crippen molar-refractivity contribution in [2.45, 2.75) is 19.8 Å². The first-order valence-corrected chi connectivity index (χ1v) is 7.29. The third kappa shape index (κ3) is 4.81. The molecule has 1 aromatic carbocycles. The van der Waals surface area contributed by atoms with Gasteiger partial charge in [0.05, 0.1) is 24.3 Å². The lowest BCUT2D eigenvalue weighted by Gasteiger charge is -2.13. The molecule has 0 bridgehead atoms. The van der Waals surface area contributed by atoms with Crippen molar-refractivity contribution in [3.05, 3.63) is 53.9 Å². The molecule has 0 radical (unpaired) electrons. The molecule has 0 unspecified atom stereocenters. The number of carbonyl (C=O) groups is 2. The van der Waals surface area contributed by atoms with E-state index in [1.165, 1.54) is 12.1 Å². The van der Waals surface area contributed by atoms with Gasteiger partial charge in [0, 0.05) is 12.4 Å². The molecule has 0 spiro atoms. The van der Waals surface area contributed by atoms with Crippen molar-refractivity contribution >= 4 is 17.6 Å². The maximum Gasteiger partial charge on any atom is 0.335 e. The summed E-state index contributed by atoms with van der Waals surface area (Å²) in [4.78, 5) is 27.1. The van der Waals surface area contributed by atoms with Gasteiger partial charge < -0.3 is 15.2 Å². The fourth-order valence-corrected chi connectivity index (χ4v) is 1.98. The van der Waals surface area contributed by atoms with Crippen LogP contribution in [0.25, 0.3) is 0 Å². The van der Waals surface area contributed by atoms with Gasteiger partial charge in [-0.1, -0.05) is 6.92 Å². The molecule has 2 aromatic rings. The molecule has 23 heavy (non-hydrogen) atoms. The first kappa shape index (κ1) is 16.5. The summed E-state index contributed by atoms with van der Waals surface area (Å²) in [6, 6.07) is 7.91. The number of hydrogen-bond donors (Lipinski definition) is 2. The van der Waals surface area contributed by atoms with Crippen LogP contribution in [-0.2, 0) is 11.2 Å². The highest BCUT2D eigenvalue weighted by Crippen LogP contribution is 2.26. The van der Waals surface area contributed by atoms with Crippen molar-refractivity contribution in [2.24, 2.45) is 0 Å². The zero-order valence-electron chi connectivity index (χ0n) is 12.8. The zero-order chi connectivity index (χ0) is 16.7. The maximum absolute atomic E-state index is 12.2. The van der Waals surface area contributed by atoms with Crippen molar-refractivity contribution in [1.29, 1.82) is 0 Å². The Bertz CT molecular complexity index is 686. The number of anilines is 1. The van der Waals surface area contributed by atoms with E-state index in [-0.39, 0.29) is 17.9 Å². The molecule has 1 heterocycles. The Morgan fingerprint density at radius 2 is 1.96 bits per heavy atom. The minimum Gasteiger partial charge on any atom is -0.491 e. The number of aromatic carboxylic acids is 1. The number of pyridine rings is 1. The number of amides is 1. The highest BCUT2D eigenvalue weighted by Gasteiger charge is 2.12. The molecule has 0 saturated carbocycles. The van der Waals surface area contributed by atoms with E-state index >= 15 is 0 Å². The number of carbonyl (C=O) groups excluding carboxylic acids is 1. The number of aromatic nitrogens is 1. The predicted octanol–water partition coefficient (Wildman–Crippen LogP) is 2.75. The Hall–Kier alpha value is -2.89. The molecule has 1 amide bonds. The topological polar surface area (TPSA) is 88.5 Å². The van der Waals surface area contributed by atoms with Gasteiger partial charge in [0.1, 0.15) is 5.75 Å². The Balaban J connectivity index is 2.16. The molecular weight excluding hydrogens is 296 g/mol.